The van der Waals surface area contributed by atoms with Crippen LogP contribution >= 0.6 is 0 Å². The van der Waals surface area contributed by atoms with E-state index in [1.54, 1.807) is 53.4 Å². The van der Waals surface area contributed by atoms with Gasteiger partial charge in [-0.3, -0.25) is 14.4 Å². The molecule has 0 bridgehead atoms. The number of amides is 3. The summed E-state index contributed by atoms with van der Waals surface area (Å²) in [6.07, 6.45) is 1.52. The summed E-state index contributed by atoms with van der Waals surface area (Å²) >= 11 is 0. The molecule has 3 rings (SSSR count). The Balaban J connectivity index is 1.59. The van der Waals surface area contributed by atoms with Crippen LogP contribution in [-0.2, 0) is 14.3 Å². The zero-order valence-corrected chi connectivity index (χ0v) is 20.7. The van der Waals surface area contributed by atoms with E-state index in [0.717, 1.165) is 12.0 Å². The number of hydrogen-bond acceptors (Lipinski definition) is 6. The number of nitrogens with zero attached hydrogens (tertiary/aromatic N) is 2. The highest BCUT2D eigenvalue weighted by molar-refractivity contribution is 6.01. The predicted octanol–water partition coefficient (Wildman–Crippen LogP) is 3.07. The van der Waals surface area contributed by atoms with Crippen LogP contribution in [0.2, 0.25) is 0 Å². The molecular formula is C27H34N4O5. The van der Waals surface area contributed by atoms with Gasteiger partial charge in [-0.15, -0.1) is 0 Å². The van der Waals surface area contributed by atoms with Crippen LogP contribution in [-0.4, -0.2) is 72.9 Å². The van der Waals surface area contributed by atoms with E-state index < -0.39 is 0 Å². The van der Waals surface area contributed by atoms with E-state index >= 15 is 0 Å². The molecule has 9 nitrogen and oxygen atoms in total. The second-order valence-electron chi connectivity index (χ2n) is 8.58. The van der Waals surface area contributed by atoms with E-state index in [2.05, 4.69) is 5.32 Å². The minimum Gasteiger partial charge on any atom is -0.395 e. The first kappa shape index (κ1) is 27.0. The maximum Gasteiger partial charge on any atom is 0.254 e. The topological polar surface area (TPSA) is 123 Å². The van der Waals surface area contributed by atoms with Crippen molar-refractivity contribution in [2.45, 2.75) is 32.6 Å². The first-order valence-corrected chi connectivity index (χ1v) is 12.3. The van der Waals surface area contributed by atoms with Gasteiger partial charge in [0.2, 0.25) is 11.8 Å². The average Bonchev–Trinajstić information content (AvgIpc) is 2.91. The predicted molar refractivity (Wildman–Crippen MR) is 139 cm³/mol. The fourth-order valence-corrected chi connectivity index (χ4v) is 3.98. The molecule has 0 spiro atoms. The summed E-state index contributed by atoms with van der Waals surface area (Å²) in [7, 11) is 0. The molecule has 0 unspecified atom stereocenters. The fourth-order valence-electron chi connectivity index (χ4n) is 3.98. The number of aliphatic hydroxyl groups excluding tert-OH is 1. The standard InChI is InChI=1S/C27H34N4O5/c1-2-4-24(28)20-7-9-22(10-8-20)29-25(33)11-12-26(34)31(13-16-32)23-6-3-5-21(19-23)27(35)30-14-17-36-18-15-30/h3,5-10,19,28,32H,2,4,11-18H2,1H3,(H,29,33). The molecule has 3 N–H and O–H groups in total. The lowest BCUT2D eigenvalue weighted by molar-refractivity contribution is -0.122. The van der Waals surface area contributed by atoms with Gasteiger partial charge in [0.1, 0.15) is 0 Å². The third-order valence-corrected chi connectivity index (χ3v) is 5.91. The summed E-state index contributed by atoms with van der Waals surface area (Å²) < 4.78 is 5.30. The first-order valence-electron chi connectivity index (χ1n) is 12.3. The largest absolute Gasteiger partial charge is 0.395 e. The summed E-state index contributed by atoms with van der Waals surface area (Å²) in [5.41, 5.74) is 2.93. The molecule has 9 heteroatoms. The van der Waals surface area contributed by atoms with Gasteiger partial charge in [-0.25, -0.2) is 0 Å². The van der Waals surface area contributed by atoms with Crippen LogP contribution in [0.3, 0.4) is 0 Å². The molecule has 3 amide bonds. The third kappa shape index (κ3) is 7.47. The van der Waals surface area contributed by atoms with Crippen molar-refractivity contribution in [1.82, 2.24) is 4.90 Å². The van der Waals surface area contributed by atoms with E-state index in [1.165, 1.54) is 4.90 Å². The lowest BCUT2D eigenvalue weighted by atomic mass is 10.1. The van der Waals surface area contributed by atoms with Crippen LogP contribution in [0.25, 0.3) is 0 Å². The summed E-state index contributed by atoms with van der Waals surface area (Å²) in [4.78, 5) is 41.3. The molecule has 0 aliphatic carbocycles. The van der Waals surface area contributed by atoms with Crippen molar-refractivity contribution < 1.29 is 24.2 Å². The molecule has 1 aliphatic heterocycles. The van der Waals surface area contributed by atoms with Gasteiger partial charge in [0, 0.05) is 55.1 Å². The number of aliphatic hydroxyl groups is 1. The molecule has 192 valence electrons. The van der Waals surface area contributed by atoms with Crippen molar-refractivity contribution in [2.75, 3.05) is 49.7 Å². The van der Waals surface area contributed by atoms with E-state index in [0.29, 0.717) is 55.4 Å². The molecular weight excluding hydrogens is 460 g/mol. The second kappa shape index (κ2) is 13.5. The van der Waals surface area contributed by atoms with Crippen molar-refractivity contribution in [1.29, 1.82) is 5.41 Å². The number of anilines is 2. The maximum absolute atomic E-state index is 13.0. The van der Waals surface area contributed by atoms with Gasteiger partial charge >= 0.3 is 0 Å². The Bertz CT molecular complexity index is 1060. The third-order valence-electron chi connectivity index (χ3n) is 5.91. The normalized spacial score (nSPS) is 13.2. The number of carbonyl (C=O) groups is 3. The highest BCUT2D eigenvalue weighted by atomic mass is 16.5. The Kier molecular flexibility index (Phi) is 10.1. The van der Waals surface area contributed by atoms with Crippen molar-refractivity contribution in [3.8, 4) is 0 Å². The lowest BCUT2D eigenvalue weighted by Crippen LogP contribution is -2.40. The number of nitrogens with one attached hydrogen (secondary N) is 2. The van der Waals surface area contributed by atoms with Crippen LogP contribution in [0.15, 0.2) is 48.5 Å². The molecule has 36 heavy (non-hydrogen) atoms. The number of benzene rings is 2. The Morgan fingerprint density at radius 2 is 1.75 bits per heavy atom. The van der Waals surface area contributed by atoms with Gasteiger partial charge < -0.3 is 30.4 Å². The van der Waals surface area contributed by atoms with Crippen molar-refractivity contribution in [3.63, 3.8) is 0 Å². The molecule has 1 aliphatic rings. The van der Waals surface area contributed by atoms with Gasteiger partial charge in [0.15, 0.2) is 0 Å². The Hall–Kier alpha value is -3.56. The average molecular weight is 495 g/mol. The molecule has 0 atom stereocenters. The van der Waals surface area contributed by atoms with Crippen LogP contribution in [0.5, 0.6) is 0 Å². The SMILES string of the molecule is CCCC(=N)c1ccc(NC(=O)CCC(=O)N(CCO)c2cccc(C(=O)N3CCOCC3)c2)cc1. The zero-order chi connectivity index (χ0) is 25.9. The fraction of sp³-hybridized carbons (Fsp3) is 0.407. The van der Waals surface area contributed by atoms with Crippen LogP contribution in [0.4, 0.5) is 11.4 Å². The molecule has 1 fully saturated rings. The minimum absolute atomic E-state index is 0.0272. The van der Waals surface area contributed by atoms with Gasteiger partial charge in [-0.05, 0) is 42.3 Å². The zero-order valence-electron chi connectivity index (χ0n) is 20.7. The van der Waals surface area contributed by atoms with Crippen molar-refractivity contribution in [2.24, 2.45) is 0 Å². The number of ether oxygens (including phenoxy) is 1. The van der Waals surface area contributed by atoms with Crippen LogP contribution in [0.1, 0.15) is 48.5 Å². The Morgan fingerprint density at radius 3 is 2.42 bits per heavy atom. The molecule has 2 aromatic carbocycles. The molecule has 1 saturated heterocycles. The Labute approximate surface area is 211 Å². The first-order chi connectivity index (χ1) is 17.4. The summed E-state index contributed by atoms with van der Waals surface area (Å²) in [5, 5.41) is 20.3. The van der Waals surface area contributed by atoms with E-state index in [9.17, 15) is 19.5 Å². The number of rotatable bonds is 11. The van der Waals surface area contributed by atoms with E-state index in [-0.39, 0.29) is 43.7 Å². The minimum atomic E-state index is -0.321. The maximum atomic E-state index is 13.0. The van der Waals surface area contributed by atoms with Gasteiger partial charge in [0.25, 0.3) is 5.91 Å². The van der Waals surface area contributed by atoms with Crippen LogP contribution in [0, 0.1) is 5.41 Å². The van der Waals surface area contributed by atoms with Gasteiger partial charge in [0.05, 0.1) is 19.8 Å². The molecule has 1 heterocycles. The highest BCUT2D eigenvalue weighted by Gasteiger charge is 2.21. The summed E-state index contributed by atoms with van der Waals surface area (Å²) in [6, 6.07) is 13.8. The molecule has 0 radical (unpaired) electrons. The number of carbonyl (C=O) groups excluding carboxylic acids is 3. The monoisotopic (exact) mass is 494 g/mol. The molecule has 2 aromatic rings. The number of hydrogen-bond donors (Lipinski definition) is 3. The van der Waals surface area contributed by atoms with E-state index in [4.69, 9.17) is 10.1 Å². The van der Waals surface area contributed by atoms with Gasteiger partial charge in [-0.2, -0.15) is 0 Å². The van der Waals surface area contributed by atoms with E-state index in [1.807, 2.05) is 6.92 Å². The summed E-state index contributed by atoms with van der Waals surface area (Å²) in [6.45, 7) is 3.85. The summed E-state index contributed by atoms with van der Waals surface area (Å²) in [5.74, 6) is -0.759. The highest BCUT2D eigenvalue weighted by Crippen LogP contribution is 2.20. The van der Waals surface area contributed by atoms with Gasteiger partial charge in [-0.1, -0.05) is 31.5 Å². The molecule has 0 aromatic heterocycles. The quantitative estimate of drug-likeness (QED) is 0.414. The van der Waals surface area contributed by atoms with Crippen molar-refractivity contribution >= 4 is 34.8 Å². The Morgan fingerprint density at radius 1 is 1.03 bits per heavy atom. The van der Waals surface area contributed by atoms with Crippen LogP contribution < -0.4 is 10.2 Å². The smallest absolute Gasteiger partial charge is 0.254 e. The molecule has 0 saturated carbocycles. The lowest BCUT2D eigenvalue weighted by Gasteiger charge is -2.27. The van der Waals surface area contributed by atoms with Crippen molar-refractivity contribution in [3.05, 3.63) is 59.7 Å². The number of morpholine rings is 1. The second-order valence-corrected chi connectivity index (χ2v) is 8.58.